The molecular formula is C29H33FN6O2. The number of amides is 1. The van der Waals surface area contributed by atoms with Crippen molar-refractivity contribution in [2.45, 2.75) is 0 Å². The minimum atomic E-state index is -0.616. The van der Waals surface area contributed by atoms with Gasteiger partial charge in [-0.05, 0) is 43.9 Å². The quantitative estimate of drug-likeness (QED) is 0.362. The molecule has 5 rings (SSSR count). The Kier molecular flexibility index (Phi) is 7.31. The van der Waals surface area contributed by atoms with Crippen molar-refractivity contribution in [2.75, 3.05) is 66.2 Å². The van der Waals surface area contributed by atoms with Crippen molar-refractivity contribution < 1.29 is 13.9 Å². The molecule has 0 atom stereocenters. The summed E-state index contributed by atoms with van der Waals surface area (Å²) in [6.07, 6.45) is 3.56. The van der Waals surface area contributed by atoms with Crippen LogP contribution in [0.1, 0.15) is 10.4 Å². The number of carbonyl (C=O) groups excluding carboxylic acids is 1. The van der Waals surface area contributed by atoms with Gasteiger partial charge < -0.3 is 25.3 Å². The highest BCUT2D eigenvalue weighted by Gasteiger charge is 2.25. The van der Waals surface area contributed by atoms with Gasteiger partial charge in [-0.25, -0.2) is 9.37 Å². The van der Waals surface area contributed by atoms with Crippen LogP contribution >= 0.6 is 0 Å². The molecule has 1 amide bonds. The molecule has 38 heavy (non-hydrogen) atoms. The van der Waals surface area contributed by atoms with Crippen LogP contribution in [0.2, 0.25) is 0 Å². The monoisotopic (exact) mass is 516 g/mol. The number of nitrogens with one attached hydrogen (secondary N) is 1. The average molecular weight is 517 g/mol. The SMILES string of the molecule is COc1ccccc1-c1c[nH]c2ncc(-c3cc(F)c(N)c(C(=O)N4CCN(CCN(C)C)CC4)c3)cc12. The largest absolute Gasteiger partial charge is 0.496 e. The molecule has 0 spiro atoms. The molecule has 9 heteroatoms. The number of nitrogens with zero attached hydrogens (tertiary/aromatic N) is 4. The second-order valence-corrected chi connectivity index (χ2v) is 9.88. The van der Waals surface area contributed by atoms with Gasteiger partial charge in [0.1, 0.15) is 17.2 Å². The number of nitrogen functional groups attached to an aromatic ring is 1. The molecule has 0 saturated carbocycles. The number of rotatable bonds is 7. The molecule has 3 N–H and O–H groups in total. The predicted octanol–water partition coefficient (Wildman–Crippen LogP) is 3.95. The highest BCUT2D eigenvalue weighted by Crippen LogP contribution is 2.36. The number of halogens is 1. The zero-order valence-electron chi connectivity index (χ0n) is 22.0. The lowest BCUT2D eigenvalue weighted by Crippen LogP contribution is -2.50. The van der Waals surface area contributed by atoms with E-state index in [1.54, 1.807) is 24.3 Å². The molecule has 0 radical (unpaired) electrons. The van der Waals surface area contributed by atoms with Gasteiger partial charge in [0.05, 0.1) is 18.4 Å². The molecule has 2 aromatic heterocycles. The van der Waals surface area contributed by atoms with E-state index in [0.29, 0.717) is 29.9 Å². The van der Waals surface area contributed by atoms with Crippen LogP contribution in [-0.2, 0) is 0 Å². The van der Waals surface area contributed by atoms with E-state index in [4.69, 9.17) is 10.5 Å². The first-order chi connectivity index (χ1) is 18.4. The number of hydrogen-bond donors (Lipinski definition) is 2. The molecule has 198 valence electrons. The smallest absolute Gasteiger partial charge is 0.256 e. The number of pyridine rings is 1. The number of ether oxygens (including phenoxy) is 1. The van der Waals surface area contributed by atoms with E-state index < -0.39 is 5.82 Å². The normalized spacial score (nSPS) is 14.4. The van der Waals surface area contributed by atoms with E-state index in [1.165, 1.54) is 6.07 Å². The molecule has 1 aliphatic rings. The number of carbonyl (C=O) groups is 1. The van der Waals surface area contributed by atoms with E-state index in [2.05, 4.69) is 19.8 Å². The van der Waals surface area contributed by atoms with Gasteiger partial charge in [-0.2, -0.15) is 0 Å². The molecule has 4 aromatic rings. The van der Waals surface area contributed by atoms with Crippen molar-refractivity contribution in [3.8, 4) is 28.0 Å². The van der Waals surface area contributed by atoms with Crippen LogP contribution in [0.4, 0.5) is 10.1 Å². The van der Waals surface area contributed by atoms with Gasteiger partial charge in [0, 0.05) is 73.7 Å². The number of nitrogens with two attached hydrogens (primary N) is 1. The summed E-state index contributed by atoms with van der Waals surface area (Å²) >= 11 is 0. The summed E-state index contributed by atoms with van der Waals surface area (Å²) in [5.41, 5.74) is 9.92. The van der Waals surface area contributed by atoms with Gasteiger partial charge in [-0.3, -0.25) is 9.69 Å². The number of anilines is 1. The Labute approximate surface area is 221 Å². The Morgan fingerprint density at radius 1 is 1.11 bits per heavy atom. The van der Waals surface area contributed by atoms with Crippen LogP contribution < -0.4 is 10.5 Å². The Balaban J connectivity index is 1.44. The van der Waals surface area contributed by atoms with E-state index in [0.717, 1.165) is 48.4 Å². The maximum atomic E-state index is 15.0. The van der Waals surface area contributed by atoms with E-state index in [1.807, 2.05) is 50.6 Å². The Hall–Kier alpha value is -3.95. The lowest BCUT2D eigenvalue weighted by Gasteiger charge is -2.35. The fourth-order valence-corrected chi connectivity index (χ4v) is 4.90. The number of likely N-dealkylation sites (N-methyl/N-ethyl adjacent to an activating group) is 1. The minimum absolute atomic E-state index is 0.126. The summed E-state index contributed by atoms with van der Waals surface area (Å²) in [5.74, 6) is -0.123. The molecule has 1 fully saturated rings. The summed E-state index contributed by atoms with van der Waals surface area (Å²) in [6.45, 7) is 4.63. The van der Waals surface area contributed by atoms with Crippen LogP contribution in [0.3, 0.4) is 0 Å². The summed E-state index contributed by atoms with van der Waals surface area (Å²) in [4.78, 5) is 27.4. The van der Waals surface area contributed by atoms with Crippen LogP contribution in [0, 0.1) is 5.82 Å². The third kappa shape index (κ3) is 5.07. The van der Waals surface area contributed by atoms with Crippen LogP contribution in [0.15, 0.2) is 54.9 Å². The molecule has 2 aromatic carbocycles. The predicted molar refractivity (Wildman–Crippen MR) is 149 cm³/mol. The zero-order chi connectivity index (χ0) is 26.8. The number of fused-ring (bicyclic) bond motifs is 1. The molecule has 3 heterocycles. The summed E-state index contributed by atoms with van der Waals surface area (Å²) < 4.78 is 20.6. The van der Waals surface area contributed by atoms with E-state index >= 15 is 4.39 Å². The Morgan fingerprint density at radius 3 is 2.61 bits per heavy atom. The third-order valence-corrected chi connectivity index (χ3v) is 7.14. The fourth-order valence-electron chi connectivity index (χ4n) is 4.90. The highest BCUT2D eigenvalue weighted by molar-refractivity contribution is 6.01. The van der Waals surface area contributed by atoms with Crippen molar-refractivity contribution in [2.24, 2.45) is 0 Å². The van der Waals surface area contributed by atoms with Crippen LogP contribution in [0.5, 0.6) is 5.75 Å². The number of H-pyrrole nitrogens is 1. The van der Waals surface area contributed by atoms with E-state index in [-0.39, 0.29) is 17.2 Å². The average Bonchev–Trinajstić information content (AvgIpc) is 3.36. The van der Waals surface area contributed by atoms with Gasteiger partial charge in [-0.15, -0.1) is 0 Å². The molecule has 0 aliphatic carbocycles. The third-order valence-electron chi connectivity index (χ3n) is 7.14. The standard InChI is InChI=1S/C29H33FN6O2/c1-34(2)8-9-35-10-12-36(13-11-35)29(37)23-14-19(16-25(30)27(23)31)20-15-22-24(18-33-28(22)32-17-20)21-6-4-5-7-26(21)38-3/h4-7,14-18H,8-13,31H2,1-3H3,(H,32,33). The fraction of sp³-hybridized carbons (Fsp3) is 0.310. The first-order valence-electron chi connectivity index (χ1n) is 12.7. The molecule has 1 saturated heterocycles. The second-order valence-electron chi connectivity index (χ2n) is 9.88. The maximum absolute atomic E-state index is 15.0. The van der Waals surface area contributed by atoms with E-state index in [9.17, 15) is 4.79 Å². The Bertz CT molecular complexity index is 1460. The lowest BCUT2D eigenvalue weighted by molar-refractivity contribution is 0.0630. The van der Waals surface area contributed by atoms with Crippen molar-refractivity contribution in [3.63, 3.8) is 0 Å². The van der Waals surface area contributed by atoms with Gasteiger partial charge in [0.25, 0.3) is 5.91 Å². The number of para-hydroxylation sites is 1. The number of piperazine rings is 1. The molecule has 1 aliphatic heterocycles. The molecule has 8 nitrogen and oxygen atoms in total. The van der Waals surface area contributed by atoms with Gasteiger partial charge in [0.15, 0.2) is 0 Å². The highest BCUT2D eigenvalue weighted by atomic mass is 19.1. The first kappa shape index (κ1) is 25.7. The number of aromatic nitrogens is 2. The molecule has 0 unspecified atom stereocenters. The van der Waals surface area contributed by atoms with Gasteiger partial charge in [-0.1, -0.05) is 18.2 Å². The first-order valence-corrected chi connectivity index (χ1v) is 12.7. The molecule has 0 bridgehead atoms. The lowest BCUT2D eigenvalue weighted by atomic mass is 9.99. The second kappa shape index (κ2) is 10.8. The van der Waals surface area contributed by atoms with Crippen molar-refractivity contribution in [3.05, 3.63) is 66.2 Å². The summed E-state index contributed by atoms with van der Waals surface area (Å²) in [7, 11) is 5.73. The summed E-state index contributed by atoms with van der Waals surface area (Å²) in [5, 5.41) is 0.867. The maximum Gasteiger partial charge on any atom is 0.256 e. The topological polar surface area (TPSA) is 90.7 Å². The van der Waals surface area contributed by atoms with Crippen LogP contribution in [-0.4, -0.2) is 91.0 Å². The van der Waals surface area contributed by atoms with Crippen LogP contribution in [0.25, 0.3) is 33.3 Å². The number of hydrogen-bond acceptors (Lipinski definition) is 6. The van der Waals surface area contributed by atoms with Crippen molar-refractivity contribution >= 4 is 22.6 Å². The number of aromatic amines is 1. The summed E-state index contributed by atoms with van der Waals surface area (Å²) in [6, 6.07) is 12.7. The van der Waals surface area contributed by atoms with Gasteiger partial charge >= 0.3 is 0 Å². The number of benzene rings is 2. The number of methoxy groups -OCH3 is 1. The van der Waals surface area contributed by atoms with Crippen molar-refractivity contribution in [1.82, 2.24) is 24.7 Å². The molecular weight excluding hydrogens is 483 g/mol. The van der Waals surface area contributed by atoms with Crippen molar-refractivity contribution in [1.29, 1.82) is 0 Å². The zero-order valence-corrected chi connectivity index (χ0v) is 22.0. The van der Waals surface area contributed by atoms with Gasteiger partial charge in [0.2, 0.25) is 0 Å². The minimum Gasteiger partial charge on any atom is -0.496 e. The Morgan fingerprint density at radius 2 is 1.87 bits per heavy atom.